The second kappa shape index (κ2) is 8.17. The standard InChI is InChI=1S/C16H20O6/c1-10(7-8-20-11(2)17)15-6-5-14(21-12(3)18)9-16(15)22-13(4)19/h5-6,9-10H,7-8H2,1-4H3. The van der Waals surface area contributed by atoms with Crippen LogP contribution in [0.25, 0.3) is 0 Å². The van der Waals surface area contributed by atoms with Crippen LogP contribution in [0.15, 0.2) is 18.2 Å². The first kappa shape index (κ1) is 17.7. The van der Waals surface area contributed by atoms with Gasteiger partial charge in [-0.15, -0.1) is 0 Å². The van der Waals surface area contributed by atoms with Gasteiger partial charge >= 0.3 is 17.9 Å². The van der Waals surface area contributed by atoms with E-state index in [1.54, 1.807) is 12.1 Å². The van der Waals surface area contributed by atoms with Gasteiger partial charge < -0.3 is 14.2 Å². The molecule has 0 bridgehead atoms. The molecular formula is C16H20O6. The molecule has 1 atom stereocenters. The molecule has 6 heteroatoms. The van der Waals surface area contributed by atoms with Crippen molar-refractivity contribution in [2.75, 3.05) is 6.61 Å². The Hall–Kier alpha value is -2.37. The summed E-state index contributed by atoms with van der Waals surface area (Å²) in [5.74, 6) is -0.614. The summed E-state index contributed by atoms with van der Waals surface area (Å²) < 4.78 is 15.1. The maximum absolute atomic E-state index is 11.2. The highest BCUT2D eigenvalue weighted by Gasteiger charge is 2.15. The number of benzene rings is 1. The Morgan fingerprint density at radius 1 is 1.00 bits per heavy atom. The average molecular weight is 308 g/mol. The molecule has 1 aromatic carbocycles. The molecule has 22 heavy (non-hydrogen) atoms. The van der Waals surface area contributed by atoms with Crippen LogP contribution >= 0.6 is 0 Å². The molecule has 0 amide bonds. The Morgan fingerprint density at radius 2 is 1.64 bits per heavy atom. The van der Waals surface area contributed by atoms with Crippen molar-refractivity contribution in [2.24, 2.45) is 0 Å². The summed E-state index contributed by atoms with van der Waals surface area (Å²) in [5.41, 5.74) is 0.776. The Kier molecular flexibility index (Phi) is 6.56. The SMILES string of the molecule is CC(=O)OCCC(C)c1ccc(OC(C)=O)cc1OC(C)=O. The zero-order valence-electron chi connectivity index (χ0n) is 13.2. The molecule has 0 aliphatic rings. The summed E-state index contributed by atoms with van der Waals surface area (Å²) in [6, 6.07) is 4.86. The smallest absolute Gasteiger partial charge is 0.308 e. The number of esters is 3. The number of ether oxygens (including phenoxy) is 3. The van der Waals surface area contributed by atoms with E-state index in [4.69, 9.17) is 14.2 Å². The molecule has 0 N–H and O–H groups in total. The van der Waals surface area contributed by atoms with Crippen LogP contribution in [0.1, 0.15) is 45.6 Å². The van der Waals surface area contributed by atoms with Crippen molar-refractivity contribution in [3.8, 4) is 11.5 Å². The summed E-state index contributed by atoms with van der Waals surface area (Å²) in [4.78, 5) is 33.0. The quantitative estimate of drug-likeness (QED) is 0.593. The van der Waals surface area contributed by atoms with E-state index in [0.29, 0.717) is 17.9 Å². The van der Waals surface area contributed by atoms with Crippen molar-refractivity contribution in [2.45, 2.75) is 40.0 Å². The van der Waals surface area contributed by atoms with Gasteiger partial charge in [0.05, 0.1) is 6.61 Å². The van der Waals surface area contributed by atoms with E-state index in [2.05, 4.69) is 0 Å². The molecule has 1 unspecified atom stereocenters. The topological polar surface area (TPSA) is 78.9 Å². The van der Waals surface area contributed by atoms with Crippen LogP contribution in [0.4, 0.5) is 0 Å². The Morgan fingerprint density at radius 3 is 2.18 bits per heavy atom. The van der Waals surface area contributed by atoms with Crippen LogP contribution in [-0.2, 0) is 19.1 Å². The number of carbonyl (C=O) groups is 3. The third-order valence-corrected chi connectivity index (χ3v) is 2.89. The zero-order chi connectivity index (χ0) is 16.7. The lowest BCUT2D eigenvalue weighted by Crippen LogP contribution is -2.09. The number of carbonyl (C=O) groups excluding carboxylic acids is 3. The third-order valence-electron chi connectivity index (χ3n) is 2.89. The summed E-state index contributed by atoms with van der Waals surface area (Å²) in [7, 11) is 0. The van der Waals surface area contributed by atoms with E-state index in [1.807, 2.05) is 6.92 Å². The van der Waals surface area contributed by atoms with Gasteiger partial charge in [-0.3, -0.25) is 14.4 Å². The minimum absolute atomic E-state index is 0.0000723. The predicted molar refractivity (Wildman–Crippen MR) is 78.7 cm³/mol. The molecule has 0 heterocycles. The minimum atomic E-state index is -0.464. The molecule has 6 nitrogen and oxygen atoms in total. The van der Waals surface area contributed by atoms with Gasteiger partial charge in [0, 0.05) is 26.8 Å². The molecule has 0 saturated heterocycles. The Labute approximate surface area is 129 Å². The summed E-state index contributed by atoms with van der Waals surface area (Å²) >= 11 is 0. The van der Waals surface area contributed by atoms with Crippen molar-refractivity contribution < 1.29 is 28.6 Å². The molecule has 120 valence electrons. The fraction of sp³-hybridized carbons (Fsp3) is 0.438. The molecule has 0 radical (unpaired) electrons. The first-order valence-electron chi connectivity index (χ1n) is 6.93. The molecule has 0 aliphatic carbocycles. The van der Waals surface area contributed by atoms with Gasteiger partial charge in [-0.1, -0.05) is 13.0 Å². The molecule has 0 aliphatic heterocycles. The van der Waals surface area contributed by atoms with Crippen molar-refractivity contribution >= 4 is 17.9 Å². The van der Waals surface area contributed by atoms with E-state index >= 15 is 0 Å². The molecule has 0 aromatic heterocycles. The highest BCUT2D eigenvalue weighted by Crippen LogP contribution is 2.32. The number of rotatable bonds is 6. The van der Waals surface area contributed by atoms with E-state index in [1.165, 1.54) is 26.8 Å². The van der Waals surface area contributed by atoms with Gasteiger partial charge in [0.1, 0.15) is 11.5 Å². The molecule has 0 spiro atoms. The summed E-state index contributed by atoms with van der Waals surface area (Å²) in [6.45, 7) is 6.15. The monoisotopic (exact) mass is 308 g/mol. The average Bonchev–Trinajstić information content (AvgIpc) is 2.36. The highest BCUT2D eigenvalue weighted by atomic mass is 16.5. The third kappa shape index (κ3) is 5.95. The first-order valence-corrected chi connectivity index (χ1v) is 6.93. The maximum Gasteiger partial charge on any atom is 0.308 e. The number of hydrogen-bond acceptors (Lipinski definition) is 6. The lowest BCUT2D eigenvalue weighted by Gasteiger charge is -2.16. The molecule has 0 fully saturated rings. The van der Waals surface area contributed by atoms with Gasteiger partial charge in [-0.2, -0.15) is 0 Å². The zero-order valence-corrected chi connectivity index (χ0v) is 13.2. The van der Waals surface area contributed by atoms with Gasteiger partial charge in [-0.05, 0) is 24.0 Å². The minimum Gasteiger partial charge on any atom is -0.466 e. The van der Waals surface area contributed by atoms with Crippen LogP contribution in [-0.4, -0.2) is 24.5 Å². The van der Waals surface area contributed by atoms with Crippen LogP contribution in [0.3, 0.4) is 0 Å². The predicted octanol–water partition coefficient (Wildman–Crippen LogP) is 2.59. The normalized spacial score (nSPS) is 11.5. The van der Waals surface area contributed by atoms with Crippen LogP contribution in [0.2, 0.25) is 0 Å². The van der Waals surface area contributed by atoms with Crippen LogP contribution in [0, 0.1) is 0 Å². The van der Waals surface area contributed by atoms with Gasteiger partial charge in [0.2, 0.25) is 0 Å². The second-order valence-corrected chi connectivity index (χ2v) is 4.92. The first-order chi connectivity index (χ1) is 10.3. The summed E-state index contributed by atoms with van der Waals surface area (Å²) in [5, 5.41) is 0. The second-order valence-electron chi connectivity index (χ2n) is 4.92. The van der Waals surface area contributed by atoms with Crippen molar-refractivity contribution in [1.29, 1.82) is 0 Å². The summed E-state index contributed by atoms with van der Waals surface area (Å²) in [6.07, 6.45) is 0.584. The lowest BCUT2D eigenvalue weighted by molar-refractivity contribution is -0.141. The fourth-order valence-electron chi connectivity index (χ4n) is 1.93. The van der Waals surface area contributed by atoms with Crippen LogP contribution in [0.5, 0.6) is 11.5 Å². The van der Waals surface area contributed by atoms with E-state index < -0.39 is 11.9 Å². The van der Waals surface area contributed by atoms with E-state index in [9.17, 15) is 14.4 Å². The highest BCUT2D eigenvalue weighted by molar-refractivity contribution is 5.72. The largest absolute Gasteiger partial charge is 0.466 e. The van der Waals surface area contributed by atoms with Crippen molar-refractivity contribution in [3.05, 3.63) is 23.8 Å². The maximum atomic E-state index is 11.2. The van der Waals surface area contributed by atoms with Gasteiger partial charge in [0.15, 0.2) is 0 Å². The van der Waals surface area contributed by atoms with E-state index in [-0.39, 0.29) is 18.5 Å². The Balaban J connectivity index is 2.93. The Bertz CT molecular complexity index is 564. The molecule has 0 saturated carbocycles. The van der Waals surface area contributed by atoms with Crippen molar-refractivity contribution in [3.63, 3.8) is 0 Å². The molecular weight excluding hydrogens is 288 g/mol. The van der Waals surface area contributed by atoms with E-state index in [0.717, 1.165) is 5.56 Å². The van der Waals surface area contributed by atoms with Crippen molar-refractivity contribution in [1.82, 2.24) is 0 Å². The number of hydrogen-bond donors (Lipinski definition) is 0. The molecule has 1 rings (SSSR count). The molecule has 1 aromatic rings. The van der Waals surface area contributed by atoms with Gasteiger partial charge in [-0.25, -0.2) is 0 Å². The lowest BCUT2D eigenvalue weighted by atomic mass is 9.97. The fourth-order valence-corrected chi connectivity index (χ4v) is 1.93. The van der Waals surface area contributed by atoms with Crippen LogP contribution < -0.4 is 9.47 Å². The van der Waals surface area contributed by atoms with Gasteiger partial charge in [0.25, 0.3) is 0 Å².